The molecule has 0 aromatic heterocycles. The van der Waals surface area contributed by atoms with E-state index < -0.39 is 0 Å². The van der Waals surface area contributed by atoms with Gasteiger partial charge in [0.2, 0.25) is 5.91 Å². The van der Waals surface area contributed by atoms with E-state index in [0.29, 0.717) is 6.10 Å². The van der Waals surface area contributed by atoms with Crippen LogP contribution in [-0.4, -0.2) is 37.2 Å². The van der Waals surface area contributed by atoms with E-state index in [9.17, 15) is 4.79 Å². The lowest BCUT2D eigenvalue weighted by Crippen LogP contribution is -2.57. The molecule has 0 radical (unpaired) electrons. The minimum Gasteiger partial charge on any atom is -0.378 e. The van der Waals surface area contributed by atoms with Gasteiger partial charge in [-0.25, -0.2) is 0 Å². The van der Waals surface area contributed by atoms with E-state index in [2.05, 4.69) is 10.6 Å². The van der Waals surface area contributed by atoms with Crippen LogP contribution in [0, 0.1) is 0 Å². The Bertz CT molecular complexity index is 295. The van der Waals surface area contributed by atoms with Crippen molar-refractivity contribution in [3.63, 3.8) is 0 Å². The monoisotopic (exact) mass is 282 g/mol. The van der Waals surface area contributed by atoms with Crippen LogP contribution >= 0.6 is 0 Å². The standard InChI is InChI=1S/C16H30N2O2/c1-16(10-5-6-12-18-16)15(19)17-11-7-13-20-14-8-3-2-4-9-14/h14,18H,2-13H2,1H3,(H,17,19). The Kier molecular flexibility index (Phi) is 6.30. The number of ether oxygens (including phenoxy) is 1. The summed E-state index contributed by atoms with van der Waals surface area (Å²) in [6, 6.07) is 0. The number of carbonyl (C=O) groups excluding carboxylic acids is 1. The summed E-state index contributed by atoms with van der Waals surface area (Å²) in [7, 11) is 0. The van der Waals surface area contributed by atoms with Crippen LogP contribution in [0.5, 0.6) is 0 Å². The molecule has 0 aromatic carbocycles. The Morgan fingerprint density at radius 2 is 2.05 bits per heavy atom. The molecule has 1 amide bonds. The van der Waals surface area contributed by atoms with Gasteiger partial charge in [-0.15, -0.1) is 0 Å². The summed E-state index contributed by atoms with van der Waals surface area (Å²) in [6.07, 6.45) is 11.1. The van der Waals surface area contributed by atoms with Crippen molar-refractivity contribution in [1.29, 1.82) is 0 Å². The normalized spacial score (nSPS) is 28.2. The van der Waals surface area contributed by atoms with Crippen LogP contribution in [0.2, 0.25) is 0 Å². The van der Waals surface area contributed by atoms with Gasteiger partial charge in [0.15, 0.2) is 0 Å². The minimum atomic E-state index is -0.359. The van der Waals surface area contributed by atoms with Gasteiger partial charge in [-0.2, -0.15) is 0 Å². The number of amides is 1. The second-order valence-electron chi connectivity index (χ2n) is 6.46. The van der Waals surface area contributed by atoms with Gasteiger partial charge in [0.05, 0.1) is 11.6 Å². The van der Waals surface area contributed by atoms with Gasteiger partial charge >= 0.3 is 0 Å². The van der Waals surface area contributed by atoms with Crippen LogP contribution in [0.15, 0.2) is 0 Å². The third kappa shape index (κ3) is 4.74. The highest BCUT2D eigenvalue weighted by Gasteiger charge is 2.33. The van der Waals surface area contributed by atoms with Crippen molar-refractivity contribution in [1.82, 2.24) is 10.6 Å². The third-order valence-corrected chi connectivity index (χ3v) is 4.63. The fourth-order valence-electron chi connectivity index (χ4n) is 3.20. The van der Waals surface area contributed by atoms with Crippen LogP contribution in [0.4, 0.5) is 0 Å². The van der Waals surface area contributed by atoms with Crippen molar-refractivity contribution in [3.8, 4) is 0 Å². The molecule has 0 bridgehead atoms. The zero-order chi connectivity index (χ0) is 14.3. The number of carbonyl (C=O) groups is 1. The summed E-state index contributed by atoms with van der Waals surface area (Å²) in [5.74, 6) is 0.148. The second kappa shape index (κ2) is 7.99. The Hall–Kier alpha value is -0.610. The number of nitrogens with one attached hydrogen (secondary N) is 2. The first-order valence-electron chi connectivity index (χ1n) is 8.36. The van der Waals surface area contributed by atoms with E-state index in [-0.39, 0.29) is 11.4 Å². The molecule has 2 rings (SSSR count). The van der Waals surface area contributed by atoms with Crippen molar-refractivity contribution in [3.05, 3.63) is 0 Å². The molecule has 2 aliphatic rings. The summed E-state index contributed by atoms with van der Waals surface area (Å²) in [5.41, 5.74) is -0.359. The molecular weight excluding hydrogens is 252 g/mol. The summed E-state index contributed by atoms with van der Waals surface area (Å²) in [4.78, 5) is 12.2. The molecule has 116 valence electrons. The van der Waals surface area contributed by atoms with E-state index in [1.54, 1.807) is 0 Å². The summed E-state index contributed by atoms with van der Waals surface area (Å²) >= 11 is 0. The molecule has 2 fully saturated rings. The molecule has 1 saturated carbocycles. The predicted octanol–water partition coefficient (Wildman–Crippen LogP) is 2.37. The highest BCUT2D eigenvalue weighted by Crippen LogP contribution is 2.20. The topological polar surface area (TPSA) is 50.4 Å². The fraction of sp³-hybridized carbons (Fsp3) is 0.938. The van der Waals surface area contributed by atoms with Crippen molar-refractivity contribution < 1.29 is 9.53 Å². The molecule has 1 aliphatic heterocycles. The zero-order valence-electron chi connectivity index (χ0n) is 12.9. The number of hydrogen-bond acceptors (Lipinski definition) is 3. The van der Waals surface area contributed by atoms with Crippen molar-refractivity contribution in [2.75, 3.05) is 19.7 Å². The van der Waals surface area contributed by atoms with Crippen LogP contribution in [-0.2, 0) is 9.53 Å². The predicted molar refractivity (Wildman–Crippen MR) is 80.7 cm³/mol. The number of piperidine rings is 1. The zero-order valence-corrected chi connectivity index (χ0v) is 12.9. The summed E-state index contributed by atoms with van der Waals surface area (Å²) in [6.45, 7) is 4.46. The van der Waals surface area contributed by atoms with E-state index in [0.717, 1.165) is 39.0 Å². The van der Waals surface area contributed by atoms with Gasteiger partial charge in [0.1, 0.15) is 0 Å². The van der Waals surface area contributed by atoms with E-state index in [1.807, 2.05) is 6.92 Å². The van der Waals surface area contributed by atoms with E-state index in [4.69, 9.17) is 4.74 Å². The molecular formula is C16H30N2O2. The van der Waals surface area contributed by atoms with Gasteiger partial charge < -0.3 is 15.4 Å². The van der Waals surface area contributed by atoms with Gasteiger partial charge in [-0.05, 0) is 52.0 Å². The van der Waals surface area contributed by atoms with Gasteiger partial charge in [-0.3, -0.25) is 4.79 Å². The van der Waals surface area contributed by atoms with Crippen LogP contribution < -0.4 is 10.6 Å². The SMILES string of the molecule is CC1(C(=O)NCCCOC2CCCCC2)CCCCN1. The highest BCUT2D eigenvalue weighted by atomic mass is 16.5. The Morgan fingerprint density at radius 1 is 1.25 bits per heavy atom. The first-order chi connectivity index (χ1) is 9.71. The molecule has 0 aromatic rings. The molecule has 4 nitrogen and oxygen atoms in total. The fourth-order valence-corrected chi connectivity index (χ4v) is 3.20. The maximum atomic E-state index is 12.2. The van der Waals surface area contributed by atoms with Crippen molar-refractivity contribution in [2.45, 2.75) is 76.4 Å². The van der Waals surface area contributed by atoms with E-state index >= 15 is 0 Å². The quantitative estimate of drug-likeness (QED) is 0.735. The molecule has 1 saturated heterocycles. The second-order valence-corrected chi connectivity index (χ2v) is 6.46. The van der Waals surface area contributed by atoms with Gasteiger partial charge in [0, 0.05) is 13.2 Å². The van der Waals surface area contributed by atoms with Crippen LogP contribution in [0.3, 0.4) is 0 Å². The lowest BCUT2D eigenvalue weighted by atomic mass is 9.90. The summed E-state index contributed by atoms with van der Waals surface area (Å²) < 4.78 is 5.87. The molecule has 2 N–H and O–H groups in total. The molecule has 0 spiro atoms. The minimum absolute atomic E-state index is 0.148. The Morgan fingerprint density at radius 3 is 2.75 bits per heavy atom. The Labute approximate surface area is 123 Å². The summed E-state index contributed by atoms with van der Waals surface area (Å²) in [5, 5.41) is 6.39. The smallest absolute Gasteiger partial charge is 0.240 e. The maximum absolute atomic E-state index is 12.2. The first kappa shape index (κ1) is 15.8. The largest absolute Gasteiger partial charge is 0.378 e. The lowest BCUT2D eigenvalue weighted by Gasteiger charge is -2.33. The van der Waals surface area contributed by atoms with Gasteiger partial charge in [-0.1, -0.05) is 19.3 Å². The maximum Gasteiger partial charge on any atom is 0.240 e. The third-order valence-electron chi connectivity index (χ3n) is 4.63. The molecule has 20 heavy (non-hydrogen) atoms. The number of rotatable bonds is 6. The number of hydrogen-bond donors (Lipinski definition) is 2. The Balaban J connectivity index is 1.54. The van der Waals surface area contributed by atoms with Crippen LogP contribution in [0.25, 0.3) is 0 Å². The van der Waals surface area contributed by atoms with Crippen molar-refractivity contribution >= 4 is 5.91 Å². The van der Waals surface area contributed by atoms with Crippen molar-refractivity contribution in [2.24, 2.45) is 0 Å². The average molecular weight is 282 g/mol. The highest BCUT2D eigenvalue weighted by molar-refractivity contribution is 5.85. The lowest BCUT2D eigenvalue weighted by molar-refractivity contribution is -0.128. The first-order valence-corrected chi connectivity index (χ1v) is 8.36. The molecule has 1 heterocycles. The van der Waals surface area contributed by atoms with Gasteiger partial charge in [0.25, 0.3) is 0 Å². The van der Waals surface area contributed by atoms with E-state index in [1.165, 1.54) is 38.5 Å². The average Bonchev–Trinajstić information content (AvgIpc) is 2.48. The molecule has 4 heteroatoms. The van der Waals surface area contributed by atoms with Crippen LogP contribution in [0.1, 0.15) is 64.7 Å². The molecule has 1 aliphatic carbocycles. The molecule has 1 atom stereocenters. The molecule has 1 unspecified atom stereocenters.